The van der Waals surface area contributed by atoms with E-state index in [1.807, 2.05) is 22.9 Å². The van der Waals surface area contributed by atoms with Crippen molar-refractivity contribution in [3.05, 3.63) is 59.9 Å². The van der Waals surface area contributed by atoms with Crippen molar-refractivity contribution >= 4 is 17.2 Å². The Balaban J connectivity index is 1.37. The van der Waals surface area contributed by atoms with E-state index in [-0.39, 0.29) is 11.6 Å². The van der Waals surface area contributed by atoms with E-state index < -0.39 is 11.7 Å². The number of morpholine rings is 1. The zero-order valence-electron chi connectivity index (χ0n) is 20.2. The number of halogens is 1. The maximum absolute atomic E-state index is 14.6. The lowest BCUT2D eigenvalue weighted by molar-refractivity contribution is 0.0947. The second-order valence-electron chi connectivity index (χ2n) is 9.24. The predicted octanol–water partition coefficient (Wildman–Crippen LogP) is 3.37. The fraction of sp³-hybridized carbons (Fsp3) is 0.346. The van der Waals surface area contributed by atoms with Gasteiger partial charge < -0.3 is 19.7 Å². The lowest BCUT2D eigenvalue weighted by Crippen LogP contribution is -2.36. The number of pyridine rings is 1. The Morgan fingerprint density at radius 1 is 1.14 bits per heavy atom. The lowest BCUT2D eigenvalue weighted by Gasteiger charge is -2.30. The number of amides is 1. The zero-order chi connectivity index (χ0) is 24.8. The summed E-state index contributed by atoms with van der Waals surface area (Å²) in [6.07, 6.45) is 9.31. The molecule has 1 saturated carbocycles. The molecule has 2 aliphatic rings. The van der Waals surface area contributed by atoms with Gasteiger partial charge in [-0.25, -0.2) is 14.1 Å². The number of imidazole rings is 1. The number of carbonyl (C=O) groups is 1. The van der Waals surface area contributed by atoms with Gasteiger partial charge >= 0.3 is 0 Å². The topological polar surface area (TPSA) is 85.9 Å². The minimum atomic E-state index is -0.534. The number of nitrogens with zero attached hydrogens (tertiary/aromatic N) is 5. The van der Waals surface area contributed by atoms with Crippen LogP contribution >= 0.6 is 0 Å². The van der Waals surface area contributed by atoms with Crippen LogP contribution in [-0.2, 0) is 4.74 Å². The Hall–Kier alpha value is -3.92. The number of anilines is 1. The van der Waals surface area contributed by atoms with Gasteiger partial charge in [-0.15, -0.1) is 0 Å². The molecular weight excluding hydrogens is 463 g/mol. The molecule has 0 radical (unpaired) electrons. The molecule has 1 aromatic carbocycles. The minimum Gasteiger partial charge on any atom is -0.494 e. The first-order chi connectivity index (χ1) is 17.5. The molecule has 0 bridgehead atoms. The van der Waals surface area contributed by atoms with Crippen LogP contribution in [0.15, 0.2) is 43.0 Å². The van der Waals surface area contributed by atoms with Gasteiger partial charge in [0.25, 0.3) is 5.91 Å². The normalized spacial score (nSPS) is 15.9. The molecule has 6 rings (SSSR count). The Morgan fingerprint density at radius 3 is 2.69 bits per heavy atom. The van der Waals surface area contributed by atoms with Gasteiger partial charge in [-0.1, -0.05) is 0 Å². The summed E-state index contributed by atoms with van der Waals surface area (Å²) >= 11 is 0. The number of nitrogens with one attached hydrogen (secondary N) is 1. The molecule has 36 heavy (non-hydrogen) atoms. The maximum Gasteiger partial charge on any atom is 0.254 e. The van der Waals surface area contributed by atoms with Gasteiger partial charge in [-0.2, -0.15) is 5.10 Å². The van der Waals surface area contributed by atoms with Crippen molar-refractivity contribution in [2.75, 3.05) is 38.3 Å². The van der Waals surface area contributed by atoms with Crippen molar-refractivity contribution < 1.29 is 18.7 Å². The van der Waals surface area contributed by atoms with Crippen LogP contribution in [0.25, 0.3) is 22.6 Å². The largest absolute Gasteiger partial charge is 0.494 e. The van der Waals surface area contributed by atoms with Crippen LogP contribution in [0.5, 0.6) is 5.75 Å². The van der Waals surface area contributed by atoms with Gasteiger partial charge in [0.15, 0.2) is 0 Å². The summed E-state index contributed by atoms with van der Waals surface area (Å²) in [5, 5.41) is 7.39. The number of benzene rings is 1. The van der Waals surface area contributed by atoms with Crippen molar-refractivity contribution in [2.24, 2.45) is 0 Å². The molecule has 4 heterocycles. The van der Waals surface area contributed by atoms with E-state index in [0.29, 0.717) is 24.5 Å². The first kappa shape index (κ1) is 22.5. The molecule has 2 fully saturated rings. The number of fused-ring (bicyclic) bond motifs is 1. The van der Waals surface area contributed by atoms with E-state index in [9.17, 15) is 9.18 Å². The van der Waals surface area contributed by atoms with Gasteiger partial charge in [0, 0.05) is 43.2 Å². The van der Waals surface area contributed by atoms with Crippen LogP contribution in [0.3, 0.4) is 0 Å². The molecule has 3 aromatic heterocycles. The van der Waals surface area contributed by atoms with Crippen molar-refractivity contribution in [3.63, 3.8) is 0 Å². The summed E-state index contributed by atoms with van der Waals surface area (Å²) in [7, 11) is 1.66. The SMILES string of the molecule is COc1cc2ncc(-c3cnn(-c4cc(C(=O)NC5CC5)c(F)cc4C)c3)n2cc1N1CCOCC1. The quantitative estimate of drug-likeness (QED) is 0.446. The summed E-state index contributed by atoms with van der Waals surface area (Å²) in [5.74, 6) is -0.167. The Labute approximate surface area is 207 Å². The number of methoxy groups -OCH3 is 1. The third-order valence-corrected chi connectivity index (χ3v) is 6.73. The van der Waals surface area contributed by atoms with Crippen LogP contribution < -0.4 is 15.0 Å². The summed E-state index contributed by atoms with van der Waals surface area (Å²) in [4.78, 5) is 19.4. The summed E-state index contributed by atoms with van der Waals surface area (Å²) in [6.45, 7) is 4.71. The Kier molecular flexibility index (Phi) is 5.60. The molecule has 186 valence electrons. The highest BCUT2D eigenvalue weighted by molar-refractivity contribution is 5.95. The average molecular weight is 491 g/mol. The van der Waals surface area contributed by atoms with Crippen LogP contribution in [0.4, 0.5) is 10.1 Å². The van der Waals surface area contributed by atoms with E-state index in [1.165, 1.54) is 6.07 Å². The molecule has 10 heteroatoms. The average Bonchev–Trinajstić information content (AvgIpc) is 3.40. The standard InChI is InChI=1S/C26H27FN6O3/c1-16-9-20(27)19(26(34)30-18-3-4-18)10-21(16)33-14-17(12-29-33)22-13-28-25-11-24(35-2)23(15-32(22)25)31-5-7-36-8-6-31/h9-15,18H,3-8H2,1-2H3,(H,30,34). The number of carbonyl (C=O) groups excluding carboxylic acids is 1. The second-order valence-corrected chi connectivity index (χ2v) is 9.24. The fourth-order valence-electron chi connectivity index (χ4n) is 4.57. The third-order valence-electron chi connectivity index (χ3n) is 6.73. The fourth-order valence-corrected chi connectivity index (χ4v) is 4.57. The van der Waals surface area contributed by atoms with Crippen LogP contribution in [0.1, 0.15) is 28.8 Å². The van der Waals surface area contributed by atoms with E-state index in [1.54, 1.807) is 37.2 Å². The van der Waals surface area contributed by atoms with Crippen LogP contribution in [0, 0.1) is 12.7 Å². The molecule has 0 spiro atoms. The van der Waals surface area contributed by atoms with Crippen LogP contribution in [0.2, 0.25) is 0 Å². The number of hydrogen-bond donors (Lipinski definition) is 1. The van der Waals surface area contributed by atoms with Gasteiger partial charge in [0.05, 0.1) is 55.3 Å². The molecule has 1 aliphatic heterocycles. The van der Waals surface area contributed by atoms with E-state index in [4.69, 9.17) is 9.47 Å². The highest BCUT2D eigenvalue weighted by atomic mass is 19.1. The molecule has 0 atom stereocenters. The van der Waals surface area contributed by atoms with Gasteiger partial charge in [-0.05, 0) is 37.5 Å². The van der Waals surface area contributed by atoms with E-state index >= 15 is 0 Å². The van der Waals surface area contributed by atoms with Crippen molar-refractivity contribution in [1.82, 2.24) is 24.5 Å². The molecule has 1 amide bonds. The number of aromatic nitrogens is 4. The summed E-state index contributed by atoms with van der Waals surface area (Å²) < 4.78 is 29.4. The van der Waals surface area contributed by atoms with Crippen LogP contribution in [-0.4, -0.2) is 64.5 Å². The van der Waals surface area contributed by atoms with Crippen molar-refractivity contribution in [2.45, 2.75) is 25.8 Å². The first-order valence-electron chi connectivity index (χ1n) is 12.1. The minimum absolute atomic E-state index is 0.0246. The monoisotopic (exact) mass is 490 g/mol. The Bertz CT molecular complexity index is 1450. The van der Waals surface area contributed by atoms with E-state index in [0.717, 1.165) is 54.3 Å². The van der Waals surface area contributed by atoms with Gasteiger partial charge in [-0.3, -0.25) is 9.20 Å². The highest BCUT2D eigenvalue weighted by Gasteiger charge is 2.26. The second kappa shape index (κ2) is 8.94. The van der Waals surface area contributed by atoms with Gasteiger partial charge in [0.1, 0.15) is 17.2 Å². The molecule has 1 N–H and O–H groups in total. The molecular formula is C26H27FN6O3. The van der Waals surface area contributed by atoms with Crippen molar-refractivity contribution in [1.29, 1.82) is 0 Å². The van der Waals surface area contributed by atoms with E-state index in [2.05, 4.69) is 20.3 Å². The zero-order valence-corrected chi connectivity index (χ0v) is 20.2. The summed E-state index contributed by atoms with van der Waals surface area (Å²) in [6, 6.07) is 5.02. The third kappa shape index (κ3) is 4.07. The number of ether oxygens (including phenoxy) is 2. The lowest BCUT2D eigenvalue weighted by atomic mass is 10.1. The van der Waals surface area contributed by atoms with Gasteiger partial charge in [0.2, 0.25) is 0 Å². The highest BCUT2D eigenvalue weighted by Crippen LogP contribution is 2.33. The smallest absolute Gasteiger partial charge is 0.254 e. The first-order valence-corrected chi connectivity index (χ1v) is 12.1. The summed E-state index contributed by atoms with van der Waals surface area (Å²) in [5.41, 5.74) is 4.78. The molecule has 9 nitrogen and oxygen atoms in total. The predicted molar refractivity (Wildman–Crippen MR) is 133 cm³/mol. The maximum atomic E-state index is 14.6. The molecule has 4 aromatic rings. The molecule has 1 saturated heterocycles. The molecule has 0 unspecified atom stereocenters. The number of hydrogen-bond acceptors (Lipinski definition) is 6. The number of aryl methyl sites for hydroxylation is 1. The number of rotatable bonds is 6. The Morgan fingerprint density at radius 2 is 1.94 bits per heavy atom. The van der Waals surface area contributed by atoms with Crippen molar-refractivity contribution in [3.8, 4) is 22.7 Å². The molecule has 1 aliphatic carbocycles.